The van der Waals surface area contributed by atoms with Crippen molar-refractivity contribution in [2.45, 2.75) is 26.2 Å². The summed E-state index contributed by atoms with van der Waals surface area (Å²) in [4.78, 5) is 0. The van der Waals surface area contributed by atoms with Gasteiger partial charge in [0.05, 0.1) is 0 Å². The summed E-state index contributed by atoms with van der Waals surface area (Å²) in [5.41, 5.74) is 5.21. The lowest BCUT2D eigenvalue weighted by Crippen LogP contribution is -1.96. The Hall–Kier alpha value is 0.492. The van der Waals surface area contributed by atoms with Gasteiger partial charge in [-0.1, -0.05) is 19.8 Å². The second-order valence-electron chi connectivity index (χ2n) is 1.50. The van der Waals surface area contributed by atoms with Crippen LogP contribution in [0, 0.1) is 0 Å². The van der Waals surface area contributed by atoms with Crippen LogP contribution in [0.5, 0.6) is 0 Å². The summed E-state index contributed by atoms with van der Waals surface area (Å²) in [5, 5.41) is 0. The topological polar surface area (TPSA) is 26.0 Å². The van der Waals surface area contributed by atoms with Crippen molar-refractivity contribution in [2.75, 3.05) is 6.54 Å². The minimum Gasteiger partial charge on any atom is -0.330 e. The lowest BCUT2D eigenvalue weighted by molar-refractivity contribution is 0.727. The SMILES string of the molecule is CCCCCN.[AlH3]. The molecular weight excluding hydrogens is 101 g/mol. The van der Waals surface area contributed by atoms with E-state index in [0.29, 0.717) is 0 Å². The maximum absolute atomic E-state index is 5.21. The fraction of sp³-hybridized carbons (Fsp3) is 1.00. The Balaban J connectivity index is 0. The maximum Gasteiger partial charge on any atom is 0.187 e. The van der Waals surface area contributed by atoms with Gasteiger partial charge in [-0.3, -0.25) is 0 Å². The summed E-state index contributed by atoms with van der Waals surface area (Å²) in [7, 11) is 0. The summed E-state index contributed by atoms with van der Waals surface area (Å²) in [6, 6.07) is 0. The molecule has 0 bridgehead atoms. The second kappa shape index (κ2) is 9.70. The van der Waals surface area contributed by atoms with E-state index in [1.165, 1.54) is 19.3 Å². The van der Waals surface area contributed by atoms with Gasteiger partial charge in [0.25, 0.3) is 0 Å². The fourth-order valence-corrected chi connectivity index (χ4v) is 0.394. The van der Waals surface area contributed by atoms with E-state index in [1.807, 2.05) is 0 Å². The third-order valence-electron chi connectivity index (χ3n) is 0.808. The first-order valence-electron chi connectivity index (χ1n) is 2.62. The van der Waals surface area contributed by atoms with E-state index in [1.54, 1.807) is 0 Å². The van der Waals surface area contributed by atoms with E-state index in [9.17, 15) is 0 Å². The molecule has 0 spiro atoms. The smallest absolute Gasteiger partial charge is 0.187 e. The largest absolute Gasteiger partial charge is 0.330 e. The van der Waals surface area contributed by atoms with Crippen LogP contribution in [-0.2, 0) is 0 Å². The van der Waals surface area contributed by atoms with E-state index in [0.717, 1.165) is 6.54 Å². The quantitative estimate of drug-likeness (QED) is 0.407. The highest BCUT2D eigenvalue weighted by Crippen LogP contribution is 1.88. The molecule has 2 N–H and O–H groups in total. The molecule has 0 radical (unpaired) electrons. The minimum atomic E-state index is 0. The van der Waals surface area contributed by atoms with Gasteiger partial charge >= 0.3 is 0 Å². The summed E-state index contributed by atoms with van der Waals surface area (Å²) < 4.78 is 0. The van der Waals surface area contributed by atoms with Gasteiger partial charge in [0.15, 0.2) is 17.4 Å². The molecule has 0 unspecified atom stereocenters. The van der Waals surface area contributed by atoms with E-state index in [2.05, 4.69) is 6.92 Å². The third-order valence-corrected chi connectivity index (χ3v) is 0.808. The number of nitrogens with two attached hydrogens (primary N) is 1. The summed E-state index contributed by atoms with van der Waals surface area (Å²) in [5.74, 6) is 0. The van der Waals surface area contributed by atoms with Crippen molar-refractivity contribution >= 4 is 17.4 Å². The Morgan fingerprint density at radius 1 is 1.29 bits per heavy atom. The Morgan fingerprint density at radius 2 is 1.86 bits per heavy atom. The van der Waals surface area contributed by atoms with Crippen molar-refractivity contribution < 1.29 is 0 Å². The minimum absolute atomic E-state index is 0. The van der Waals surface area contributed by atoms with Gasteiger partial charge in [-0.15, -0.1) is 0 Å². The zero-order valence-electron chi connectivity index (χ0n) is 4.41. The van der Waals surface area contributed by atoms with Crippen molar-refractivity contribution in [3.63, 3.8) is 0 Å². The number of rotatable bonds is 3. The molecule has 0 heterocycles. The van der Waals surface area contributed by atoms with E-state index in [4.69, 9.17) is 5.73 Å². The average Bonchev–Trinajstić information content (AvgIpc) is 1.61. The predicted octanol–water partition coefficient (Wildman–Crippen LogP) is -0.0486. The first kappa shape index (κ1) is 10.5. The molecule has 44 valence electrons. The van der Waals surface area contributed by atoms with Crippen LogP contribution in [0.2, 0.25) is 0 Å². The first-order chi connectivity index (χ1) is 2.91. The van der Waals surface area contributed by atoms with Gasteiger partial charge in [0, 0.05) is 0 Å². The Kier molecular flexibility index (Phi) is 14.5. The van der Waals surface area contributed by atoms with Gasteiger partial charge in [-0.25, -0.2) is 0 Å². The number of hydrogen-bond acceptors (Lipinski definition) is 1. The van der Waals surface area contributed by atoms with Crippen LogP contribution in [0.15, 0.2) is 0 Å². The number of unbranched alkanes of at least 4 members (excludes halogenated alkanes) is 2. The molecule has 0 amide bonds. The van der Waals surface area contributed by atoms with Crippen LogP contribution in [0.3, 0.4) is 0 Å². The van der Waals surface area contributed by atoms with Crippen LogP contribution in [0.25, 0.3) is 0 Å². The van der Waals surface area contributed by atoms with Gasteiger partial charge < -0.3 is 5.73 Å². The van der Waals surface area contributed by atoms with Crippen LogP contribution >= 0.6 is 0 Å². The molecule has 0 aliphatic heterocycles. The molecule has 0 aromatic heterocycles. The summed E-state index contributed by atoms with van der Waals surface area (Å²) in [6.07, 6.45) is 3.75. The van der Waals surface area contributed by atoms with Gasteiger partial charge in [-0.2, -0.15) is 0 Å². The van der Waals surface area contributed by atoms with Crippen LogP contribution in [0.1, 0.15) is 26.2 Å². The van der Waals surface area contributed by atoms with Crippen molar-refractivity contribution in [2.24, 2.45) is 5.73 Å². The first-order valence-corrected chi connectivity index (χ1v) is 2.62. The maximum atomic E-state index is 5.21. The highest BCUT2D eigenvalue weighted by Gasteiger charge is 1.75. The molecule has 0 atom stereocenters. The Bertz CT molecular complexity index is 20.0. The molecule has 7 heavy (non-hydrogen) atoms. The van der Waals surface area contributed by atoms with Gasteiger partial charge in [0.2, 0.25) is 0 Å². The second-order valence-corrected chi connectivity index (χ2v) is 1.50. The summed E-state index contributed by atoms with van der Waals surface area (Å²) in [6.45, 7) is 3.03. The molecule has 0 aliphatic rings. The van der Waals surface area contributed by atoms with Gasteiger partial charge in [0.1, 0.15) is 0 Å². The van der Waals surface area contributed by atoms with Crippen molar-refractivity contribution in [3.05, 3.63) is 0 Å². The predicted molar refractivity (Wildman–Crippen MR) is 38.5 cm³/mol. The zero-order valence-corrected chi connectivity index (χ0v) is 4.41. The monoisotopic (exact) mass is 117 g/mol. The van der Waals surface area contributed by atoms with Crippen molar-refractivity contribution in [1.82, 2.24) is 0 Å². The Labute approximate surface area is 56.4 Å². The lowest BCUT2D eigenvalue weighted by atomic mass is 10.3. The van der Waals surface area contributed by atoms with E-state index >= 15 is 0 Å². The molecule has 2 heteroatoms. The average molecular weight is 117 g/mol. The molecule has 0 fully saturated rings. The molecule has 0 saturated carbocycles. The van der Waals surface area contributed by atoms with Crippen LogP contribution < -0.4 is 5.73 Å². The van der Waals surface area contributed by atoms with Crippen molar-refractivity contribution in [3.8, 4) is 0 Å². The molecule has 0 saturated heterocycles. The molecule has 0 rings (SSSR count). The normalized spacial score (nSPS) is 7.71. The summed E-state index contributed by atoms with van der Waals surface area (Å²) >= 11 is 0. The van der Waals surface area contributed by atoms with E-state index in [-0.39, 0.29) is 17.4 Å². The zero-order chi connectivity index (χ0) is 4.83. The molecule has 0 aromatic carbocycles. The Morgan fingerprint density at radius 3 is 2.00 bits per heavy atom. The van der Waals surface area contributed by atoms with Gasteiger partial charge in [-0.05, 0) is 13.0 Å². The van der Waals surface area contributed by atoms with Crippen LogP contribution in [0.4, 0.5) is 0 Å². The molecule has 1 nitrogen and oxygen atoms in total. The lowest BCUT2D eigenvalue weighted by Gasteiger charge is -1.86. The van der Waals surface area contributed by atoms with Crippen molar-refractivity contribution in [1.29, 1.82) is 0 Å². The van der Waals surface area contributed by atoms with Crippen LogP contribution in [-0.4, -0.2) is 23.9 Å². The molecule has 0 aromatic rings. The standard InChI is InChI=1S/C5H13N.Al.3H/c1-2-3-4-5-6;;;;/h2-6H2,1H3;;;;. The molecular formula is C5H16AlN. The number of hydrogen-bond donors (Lipinski definition) is 1. The molecule has 0 aliphatic carbocycles. The highest BCUT2D eigenvalue weighted by atomic mass is 27.0. The fourth-order valence-electron chi connectivity index (χ4n) is 0.394. The highest BCUT2D eigenvalue weighted by molar-refractivity contribution is 5.75. The van der Waals surface area contributed by atoms with E-state index < -0.39 is 0 Å². The third kappa shape index (κ3) is 10.7.